The van der Waals surface area contributed by atoms with Gasteiger partial charge in [-0.1, -0.05) is 19.4 Å². The van der Waals surface area contributed by atoms with Gasteiger partial charge in [0.15, 0.2) is 0 Å². The summed E-state index contributed by atoms with van der Waals surface area (Å²) < 4.78 is 0. The Kier molecular flexibility index (Phi) is 3.62. The van der Waals surface area contributed by atoms with Gasteiger partial charge in [-0.25, -0.2) is 0 Å². The summed E-state index contributed by atoms with van der Waals surface area (Å²) in [4.78, 5) is 15.5. The van der Waals surface area contributed by atoms with Crippen LogP contribution in [0.2, 0.25) is 0 Å². The van der Waals surface area contributed by atoms with E-state index >= 15 is 0 Å². The van der Waals surface area contributed by atoms with Crippen LogP contribution >= 0.6 is 0 Å². The molecule has 0 N–H and O–H groups in total. The molecule has 1 rings (SSSR count). The number of nitrogens with zero attached hydrogens (tertiary/aromatic N) is 1. The lowest BCUT2D eigenvalue weighted by atomic mass is 9.95. The topological polar surface area (TPSA) is 30.0 Å². The van der Waals surface area contributed by atoms with Gasteiger partial charge in [-0.2, -0.15) is 0 Å². The second-order valence-corrected chi connectivity index (χ2v) is 3.21. The van der Waals surface area contributed by atoms with Gasteiger partial charge in [0.2, 0.25) is 0 Å². The van der Waals surface area contributed by atoms with Crippen LogP contribution in [0, 0.1) is 0 Å². The molecule has 1 heterocycles. The lowest BCUT2D eigenvalue weighted by Gasteiger charge is -2.10. The Labute approximate surface area is 79.0 Å². The number of carbonyl (C=O) groups excluding carboxylic acids is 1. The zero-order chi connectivity index (χ0) is 9.68. The summed E-state index contributed by atoms with van der Waals surface area (Å²) in [5, 5.41) is 0. The van der Waals surface area contributed by atoms with E-state index in [0.29, 0.717) is 0 Å². The van der Waals surface area contributed by atoms with Crippen LogP contribution in [0.15, 0.2) is 24.4 Å². The van der Waals surface area contributed by atoms with Crippen LogP contribution in [0.1, 0.15) is 38.3 Å². The molecule has 0 bridgehead atoms. The zero-order valence-electron chi connectivity index (χ0n) is 8.16. The fourth-order valence-electron chi connectivity index (χ4n) is 1.43. The molecule has 2 nitrogen and oxygen atoms in total. The zero-order valence-corrected chi connectivity index (χ0v) is 8.16. The fraction of sp³-hybridized carbons (Fsp3) is 0.455. The fourth-order valence-corrected chi connectivity index (χ4v) is 1.43. The number of hydrogen-bond acceptors (Lipinski definition) is 2. The molecule has 13 heavy (non-hydrogen) atoms. The maximum Gasteiger partial charge on any atom is 0.138 e. The molecule has 0 radical (unpaired) electrons. The molecule has 0 fully saturated rings. The number of carbonyl (C=O) groups is 1. The van der Waals surface area contributed by atoms with Gasteiger partial charge in [0, 0.05) is 6.20 Å². The highest BCUT2D eigenvalue weighted by atomic mass is 16.1. The highest BCUT2D eigenvalue weighted by Gasteiger charge is 2.15. The first-order valence-corrected chi connectivity index (χ1v) is 4.67. The summed E-state index contributed by atoms with van der Waals surface area (Å²) in [6.07, 6.45) is 3.65. The van der Waals surface area contributed by atoms with Crippen LogP contribution in [-0.4, -0.2) is 10.8 Å². The van der Waals surface area contributed by atoms with Crippen molar-refractivity contribution in [3.8, 4) is 0 Å². The van der Waals surface area contributed by atoms with Gasteiger partial charge in [-0.15, -0.1) is 0 Å². The van der Waals surface area contributed by atoms with Crippen molar-refractivity contribution in [2.24, 2.45) is 0 Å². The standard InChI is InChI=1S/C11H15NO/c1-3-6-10(9(2)13)11-7-4-5-8-12-11/h4-5,7-8,10H,3,6H2,1-2H3. The lowest BCUT2D eigenvalue weighted by Crippen LogP contribution is -2.09. The Morgan fingerprint density at radius 3 is 2.77 bits per heavy atom. The number of pyridine rings is 1. The summed E-state index contributed by atoms with van der Waals surface area (Å²) in [7, 11) is 0. The van der Waals surface area contributed by atoms with Gasteiger partial charge in [-0.3, -0.25) is 9.78 Å². The van der Waals surface area contributed by atoms with Crippen molar-refractivity contribution in [2.45, 2.75) is 32.6 Å². The molecule has 0 aliphatic carbocycles. The molecule has 1 aromatic heterocycles. The number of ketones is 1. The highest BCUT2D eigenvalue weighted by molar-refractivity contribution is 5.82. The maximum absolute atomic E-state index is 11.3. The molecule has 70 valence electrons. The first kappa shape index (κ1) is 9.90. The van der Waals surface area contributed by atoms with E-state index in [1.54, 1.807) is 13.1 Å². The molecule has 1 unspecified atom stereocenters. The predicted octanol–water partition coefficient (Wildman–Crippen LogP) is 2.55. The van der Waals surface area contributed by atoms with Crippen molar-refractivity contribution >= 4 is 5.78 Å². The minimum Gasteiger partial charge on any atom is -0.299 e. The Morgan fingerprint density at radius 1 is 1.54 bits per heavy atom. The van der Waals surface area contributed by atoms with Crippen molar-refractivity contribution in [3.63, 3.8) is 0 Å². The maximum atomic E-state index is 11.3. The molecule has 0 spiro atoms. The Balaban J connectivity index is 2.82. The average Bonchev–Trinajstić information content (AvgIpc) is 2.15. The van der Waals surface area contributed by atoms with Crippen LogP contribution in [0.4, 0.5) is 0 Å². The van der Waals surface area contributed by atoms with Crippen molar-refractivity contribution in [3.05, 3.63) is 30.1 Å². The Hall–Kier alpha value is -1.18. The van der Waals surface area contributed by atoms with Crippen LogP contribution in [0.25, 0.3) is 0 Å². The lowest BCUT2D eigenvalue weighted by molar-refractivity contribution is -0.118. The number of rotatable bonds is 4. The van der Waals surface area contributed by atoms with Gasteiger partial charge < -0.3 is 0 Å². The van der Waals surface area contributed by atoms with E-state index in [-0.39, 0.29) is 11.7 Å². The molecule has 0 saturated carbocycles. The quantitative estimate of drug-likeness (QED) is 0.707. The van der Waals surface area contributed by atoms with E-state index in [1.165, 1.54) is 0 Å². The molecule has 2 heteroatoms. The Morgan fingerprint density at radius 2 is 2.31 bits per heavy atom. The Bertz CT molecular complexity index is 269. The van der Waals surface area contributed by atoms with Crippen LogP contribution in [0.5, 0.6) is 0 Å². The first-order chi connectivity index (χ1) is 6.25. The SMILES string of the molecule is CCCC(C(C)=O)c1ccccn1. The third kappa shape index (κ3) is 2.65. The smallest absolute Gasteiger partial charge is 0.138 e. The minimum absolute atomic E-state index is 0.00815. The summed E-state index contributed by atoms with van der Waals surface area (Å²) in [6, 6.07) is 5.71. The van der Waals surface area contributed by atoms with Gasteiger partial charge in [0.1, 0.15) is 5.78 Å². The molecule has 0 aliphatic heterocycles. The van der Waals surface area contributed by atoms with Crippen molar-refractivity contribution in [2.75, 3.05) is 0 Å². The van der Waals surface area contributed by atoms with E-state index in [4.69, 9.17) is 0 Å². The molecule has 1 aromatic rings. The summed E-state index contributed by atoms with van der Waals surface area (Å²) in [5.74, 6) is 0.201. The molecular weight excluding hydrogens is 162 g/mol. The average molecular weight is 177 g/mol. The number of Topliss-reactive ketones (excluding diaryl/α,β-unsaturated/α-hetero) is 1. The second kappa shape index (κ2) is 4.75. The monoisotopic (exact) mass is 177 g/mol. The molecule has 1 atom stereocenters. The third-order valence-electron chi connectivity index (χ3n) is 2.11. The molecular formula is C11H15NO. The molecule has 0 amide bonds. The highest BCUT2D eigenvalue weighted by Crippen LogP contribution is 2.19. The normalized spacial score (nSPS) is 12.5. The van der Waals surface area contributed by atoms with Gasteiger partial charge >= 0.3 is 0 Å². The van der Waals surface area contributed by atoms with E-state index in [1.807, 2.05) is 18.2 Å². The third-order valence-corrected chi connectivity index (χ3v) is 2.11. The number of hydrogen-bond donors (Lipinski definition) is 0. The summed E-state index contributed by atoms with van der Waals surface area (Å²) in [6.45, 7) is 3.72. The van der Waals surface area contributed by atoms with E-state index in [9.17, 15) is 4.79 Å². The number of aromatic nitrogens is 1. The van der Waals surface area contributed by atoms with Crippen LogP contribution in [0.3, 0.4) is 0 Å². The predicted molar refractivity (Wildman–Crippen MR) is 52.6 cm³/mol. The second-order valence-electron chi connectivity index (χ2n) is 3.21. The molecule has 0 aliphatic rings. The first-order valence-electron chi connectivity index (χ1n) is 4.67. The van der Waals surface area contributed by atoms with Crippen molar-refractivity contribution in [1.82, 2.24) is 4.98 Å². The summed E-state index contributed by atoms with van der Waals surface area (Å²) in [5.41, 5.74) is 0.900. The molecule has 0 aromatic carbocycles. The van der Waals surface area contributed by atoms with E-state index in [0.717, 1.165) is 18.5 Å². The van der Waals surface area contributed by atoms with Crippen LogP contribution in [-0.2, 0) is 4.79 Å². The van der Waals surface area contributed by atoms with Gasteiger partial charge in [-0.05, 0) is 25.5 Å². The minimum atomic E-state index is -0.00815. The largest absolute Gasteiger partial charge is 0.299 e. The summed E-state index contributed by atoms with van der Waals surface area (Å²) >= 11 is 0. The van der Waals surface area contributed by atoms with E-state index in [2.05, 4.69) is 11.9 Å². The van der Waals surface area contributed by atoms with E-state index < -0.39 is 0 Å². The van der Waals surface area contributed by atoms with Crippen molar-refractivity contribution in [1.29, 1.82) is 0 Å². The van der Waals surface area contributed by atoms with Crippen LogP contribution < -0.4 is 0 Å². The van der Waals surface area contributed by atoms with Crippen molar-refractivity contribution < 1.29 is 4.79 Å². The van der Waals surface area contributed by atoms with Gasteiger partial charge in [0.05, 0.1) is 11.6 Å². The molecule has 0 saturated heterocycles. The van der Waals surface area contributed by atoms with Gasteiger partial charge in [0.25, 0.3) is 0 Å².